The molecule has 0 saturated carbocycles. The molecule has 0 radical (unpaired) electrons. The zero-order valence-electron chi connectivity index (χ0n) is 28.3. The highest BCUT2D eigenvalue weighted by Gasteiger charge is 2.18. The van der Waals surface area contributed by atoms with Crippen molar-refractivity contribution in [3.63, 3.8) is 0 Å². The second-order valence-electron chi connectivity index (χ2n) is 10.8. The number of rotatable bonds is 14. The first-order valence-electron chi connectivity index (χ1n) is 15.9. The Morgan fingerprint density at radius 1 is 0.860 bits per heavy atom. The lowest BCUT2D eigenvalue weighted by Gasteiger charge is -2.30. The van der Waals surface area contributed by atoms with Crippen LogP contribution in [0.15, 0.2) is 103 Å². The van der Waals surface area contributed by atoms with Gasteiger partial charge in [-0.05, 0) is 72.1 Å². The summed E-state index contributed by atoms with van der Waals surface area (Å²) in [4.78, 5) is 4.53. The van der Waals surface area contributed by atoms with Crippen LogP contribution >= 0.6 is 0 Å². The monoisotopic (exact) mass is 576 g/mol. The SMILES string of the molecule is C#CC.C=C(/C(=C\N(C)C)C(=C)N(CCCC)Cc1ccc(CCCC)cc1C)c1ccc(-c2ccccc2)cc1.CC. The maximum Gasteiger partial charge on any atom is 0.0432 e. The van der Waals surface area contributed by atoms with Crippen molar-refractivity contribution in [2.75, 3.05) is 20.6 Å². The first-order chi connectivity index (χ1) is 20.7. The molecular formula is C41H56N2. The van der Waals surface area contributed by atoms with Crippen molar-refractivity contribution < 1.29 is 0 Å². The summed E-state index contributed by atoms with van der Waals surface area (Å²) in [5.74, 6) is 2.25. The highest BCUT2D eigenvalue weighted by atomic mass is 15.1. The van der Waals surface area contributed by atoms with Gasteiger partial charge in [0.1, 0.15) is 0 Å². The molecule has 0 heterocycles. The lowest BCUT2D eigenvalue weighted by atomic mass is 9.94. The molecular weight excluding hydrogens is 520 g/mol. The highest BCUT2D eigenvalue weighted by Crippen LogP contribution is 2.31. The standard InChI is InChI=1S/C36H46N2.C3H4.C2H6/c1-8-10-15-31-18-19-35(28(3)25-31)26-38(24-11-9-2)30(5)36(27-37(6)7)29(4)32-20-22-34(23-21-32)33-16-13-12-14-17-33;1-3-2;1-2/h12-14,16-23,25,27H,4-5,8-11,15,24,26H2,1-3,6-7H3;1H,2H3;1-2H3/b36-27+;;. The lowest BCUT2D eigenvalue weighted by molar-refractivity contribution is 0.337. The smallest absolute Gasteiger partial charge is 0.0432 e. The van der Waals surface area contributed by atoms with Crippen LogP contribution in [0.5, 0.6) is 0 Å². The average Bonchev–Trinajstić information content (AvgIpc) is 3.03. The van der Waals surface area contributed by atoms with Crippen LogP contribution in [0.25, 0.3) is 16.7 Å². The molecule has 0 aliphatic rings. The Labute approximate surface area is 264 Å². The number of unbranched alkanes of at least 4 members (excludes halogenated alkanes) is 2. The summed E-state index contributed by atoms with van der Waals surface area (Å²) in [6, 6.07) is 26.2. The van der Waals surface area contributed by atoms with Gasteiger partial charge < -0.3 is 9.80 Å². The number of benzene rings is 3. The van der Waals surface area contributed by atoms with E-state index in [1.54, 1.807) is 6.92 Å². The van der Waals surface area contributed by atoms with Crippen molar-refractivity contribution in [3.8, 4) is 23.5 Å². The van der Waals surface area contributed by atoms with E-state index < -0.39 is 0 Å². The molecule has 0 atom stereocenters. The summed E-state index contributed by atoms with van der Waals surface area (Å²) in [7, 11) is 4.13. The van der Waals surface area contributed by atoms with Gasteiger partial charge in [-0.2, -0.15) is 0 Å². The van der Waals surface area contributed by atoms with Gasteiger partial charge in [0.05, 0.1) is 0 Å². The van der Waals surface area contributed by atoms with Crippen molar-refractivity contribution in [2.24, 2.45) is 0 Å². The quantitative estimate of drug-likeness (QED) is 0.139. The van der Waals surface area contributed by atoms with Gasteiger partial charge >= 0.3 is 0 Å². The molecule has 0 spiro atoms. The molecule has 3 rings (SSSR count). The number of aryl methyl sites for hydroxylation is 2. The summed E-state index contributed by atoms with van der Waals surface area (Å²) in [5, 5.41) is 0. The van der Waals surface area contributed by atoms with Crippen LogP contribution in [0.3, 0.4) is 0 Å². The van der Waals surface area contributed by atoms with Gasteiger partial charge in [0.15, 0.2) is 0 Å². The Morgan fingerprint density at radius 2 is 1.44 bits per heavy atom. The fourth-order valence-corrected chi connectivity index (χ4v) is 4.74. The van der Waals surface area contributed by atoms with Crippen molar-refractivity contribution in [2.45, 2.75) is 80.2 Å². The van der Waals surface area contributed by atoms with E-state index in [1.165, 1.54) is 40.7 Å². The highest BCUT2D eigenvalue weighted by molar-refractivity contribution is 5.82. The van der Waals surface area contributed by atoms with Crippen LogP contribution in [0.2, 0.25) is 0 Å². The molecule has 0 fully saturated rings. The van der Waals surface area contributed by atoms with Crippen LogP contribution in [0.1, 0.15) is 82.6 Å². The molecule has 0 aliphatic heterocycles. The third kappa shape index (κ3) is 12.4. The van der Waals surface area contributed by atoms with Gasteiger partial charge in [-0.3, -0.25) is 0 Å². The average molecular weight is 577 g/mol. The molecule has 0 unspecified atom stereocenters. The largest absolute Gasteiger partial charge is 0.383 e. The Bertz CT molecular complexity index is 1300. The van der Waals surface area contributed by atoms with Crippen molar-refractivity contribution in [3.05, 3.63) is 126 Å². The Balaban J connectivity index is 0.00000174. The van der Waals surface area contributed by atoms with Crippen LogP contribution in [-0.2, 0) is 13.0 Å². The predicted octanol–water partition coefficient (Wildman–Crippen LogP) is 10.9. The number of allylic oxidation sites excluding steroid dienone is 1. The van der Waals surface area contributed by atoms with Crippen molar-refractivity contribution in [1.29, 1.82) is 0 Å². The van der Waals surface area contributed by atoms with E-state index in [9.17, 15) is 0 Å². The molecule has 3 aromatic carbocycles. The summed E-state index contributed by atoms with van der Waals surface area (Å²) in [6.45, 7) is 23.4. The first-order valence-corrected chi connectivity index (χ1v) is 15.9. The van der Waals surface area contributed by atoms with Crippen LogP contribution in [0, 0.1) is 19.3 Å². The maximum atomic E-state index is 4.63. The third-order valence-electron chi connectivity index (χ3n) is 7.11. The van der Waals surface area contributed by atoms with Crippen molar-refractivity contribution in [1.82, 2.24) is 9.80 Å². The second-order valence-corrected chi connectivity index (χ2v) is 10.8. The molecule has 0 N–H and O–H groups in total. The van der Waals surface area contributed by atoms with E-state index >= 15 is 0 Å². The normalized spacial score (nSPS) is 10.3. The van der Waals surface area contributed by atoms with Gasteiger partial charge in [-0.25, -0.2) is 0 Å². The van der Waals surface area contributed by atoms with E-state index in [2.05, 4.69) is 149 Å². The van der Waals surface area contributed by atoms with Crippen LogP contribution < -0.4 is 0 Å². The topological polar surface area (TPSA) is 6.48 Å². The van der Waals surface area contributed by atoms with Gasteiger partial charge in [-0.15, -0.1) is 12.3 Å². The lowest BCUT2D eigenvalue weighted by Crippen LogP contribution is -2.26. The minimum atomic E-state index is 0.851. The van der Waals surface area contributed by atoms with E-state index in [4.69, 9.17) is 0 Å². The van der Waals surface area contributed by atoms with Crippen LogP contribution in [-0.4, -0.2) is 30.4 Å². The first kappa shape index (κ1) is 37.1. The molecule has 43 heavy (non-hydrogen) atoms. The number of terminal acetylenes is 1. The minimum absolute atomic E-state index is 0.851. The van der Waals surface area contributed by atoms with E-state index in [0.29, 0.717) is 0 Å². The van der Waals surface area contributed by atoms with E-state index in [-0.39, 0.29) is 0 Å². The maximum absolute atomic E-state index is 4.63. The van der Waals surface area contributed by atoms with E-state index in [1.807, 2.05) is 13.8 Å². The summed E-state index contributed by atoms with van der Waals surface area (Å²) < 4.78 is 0. The van der Waals surface area contributed by atoms with Gasteiger partial charge in [0.2, 0.25) is 0 Å². The Morgan fingerprint density at radius 3 is 1.98 bits per heavy atom. The second kappa shape index (κ2) is 20.8. The zero-order chi connectivity index (χ0) is 32.2. The molecule has 230 valence electrons. The molecule has 2 heteroatoms. The molecule has 0 amide bonds. The Kier molecular flexibility index (Phi) is 18.0. The molecule has 3 aromatic rings. The Hall–Kier alpha value is -3.96. The van der Waals surface area contributed by atoms with Gasteiger partial charge in [-0.1, -0.05) is 126 Å². The third-order valence-corrected chi connectivity index (χ3v) is 7.11. The molecule has 0 saturated heterocycles. The van der Waals surface area contributed by atoms with Gasteiger partial charge in [0.25, 0.3) is 0 Å². The van der Waals surface area contributed by atoms with E-state index in [0.717, 1.165) is 54.8 Å². The minimum Gasteiger partial charge on any atom is -0.383 e. The molecule has 0 aliphatic carbocycles. The molecule has 2 nitrogen and oxygen atoms in total. The number of hydrogen-bond donors (Lipinski definition) is 0. The zero-order valence-corrected chi connectivity index (χ0v) is 28.3. The van der Waals surface area contributed by atoms with Gasteiger partial charge in [0, 0.05) is 44.7 Å². The fraction of sp³-hybridized carbons (Fsp3) is 0.366. The number of nitrogens with zero attached hydrogens (tertiary/aromatic N) is 2. The predicted molar refractivity (Wildman–Crippen MR) is 193 cm³/mol. The number of hydrogen-bond acceptors (Lipinski definition) is 2. The fourth-order valence-electron chi connectivity index (χ4n) is 4.74. The van der Waals surface area contributed by atoms with Crippen LogP contribution in [0.4, 0.5) is 0 Å². The molecule has 0 bridgehead atoms. The molecule has 0 aromatic heterocycles. The summed E-state index contributed by atoms with van der Waals surface area (Å²) in [5.41, 5.74) is 10.8. The summed E-state index contributed by atoms with van der Waals surface area (Å²) >= 11 is 0. The summed E-state index contributed by atoms with van der Waals surface area (Å²) in [6.07, 6.45) is 12.7. The van der Waals surface area contributed by atoms with Crippen molar-refractivity contribution >= 4 is 5.57 Å².